The second-order valence-electron chi connectivity index (χ2n) is 3.61. The molecule has 3 atom stereocenters. The molecule has 0 spiro atoms. The lowest BCUT2D eigenvalue weighted by molar-refractivity contribution is 0.0316. The molecule has 1 aromatic heterocycles. The number of furan rings is 1. The molecule has 1 fully saturated rings. The van der Waals surface area contributed by atoms with E-state index in [0.717, 1.165) is 17.5 Å². The van der Waals surface area contributed by atoms with Crippen molar-refractivity contribution in [2.45, 2.75) is 25.6 Å². The van der Waals surface area contributed by atoms with Crippen molar-refractivity contribution in [2.75, 3.05) is 6.61 Å². The van der Waals surface area contributed by atoms with Crippen LogP contribution in [0.2, 0.25) is 0 Å². The van der Waals surface area contributed by atoms with E-state index in [2.05, 4.69) is 15.9 Å². The van der Waals surface area contributed by atoms with Gasteiger partial charge in [0.2, 0.25) is 0 Å². The van der Waals surface area contributed by atoms with E-state index in [-0.39, 0.29) is 12.0 Å². The summed E-state index contributed by atoms with van der Waals surface area (Å²) in [6.07, 6.45) is 1.98. The van der Waals surface area contributed by atoms with Crippen LogP contribution in [-0.2, 0) is 4.74 Å². The molecule has 2 rings (SSSR count). The van der Waals surface area contributed by atoms with Crippen LogP contribution in [0.4, 0.5) is 0 Å². The molecule has 0 bridgehead atoms. The van der Waals surface area contributed by atoms with Crippen LogP contribution in [0.5, 0.6) is 0 Å². The Kier molecular flexibility index (Phi) is 2.95. The Morgan fingerprint density at radius 3 is 2.93 bits per heavy atom. The number of rotatable bonds is 2. The molecule has 78 valence electrons. The Morgan fingerprint density at radius 1 is 1.64 bits per heavy atom. The summed E-state index contributed by atoms with van der Waals surface area (Å²) in [5.41, 5.74) is 0. The summed E-state index contributed by atoms with van der Waals surface area (Å²) in [4.78, 5) is 0. The van der Waals surface area contributed by atoms with Gasteiger partial charge in [0.15, 0.2) is 0 Å². The summed E-state index contributed by atoms with van der Waals surface area (Å²) in [6.45, 7) is 2.71. The minimum absolute atomic E-state index is 0.0991. The third-order valence-corrected chi connectivity index (χ3v) is 3.41. The van der Waals surface area contributed by atoms with Gasteiger partial charge in [-0.15, -0.1) is 0 Å². The SMILES string of the molecule is CC1OCCC1C(O)c1occc1Br. The van der Waals surface area contributed by atoms with Crippen molar-refractivity contribution < 1.29 is 14.3 Å². The van der Waals surface area contributed by atoms with Gasteiger partial charge in [-0.2, -0.15) is 0 Å². The van der Waals surface area contributed by atoms with Crippen molar-refractivity contribution >= 4 is 15.9 Å². The summed E-state index contributed by atoms with van der Waals surface area (Å²) < 4.78 is 11.5. The monoisotopic (exact) mass is 260 g/mol. The van der Waals surface area contributed by atoms with Gasteiger partial charge in [-0.3, -0.25) is 0 Å². The molecule has 0 saturated carbocycles. The zero-order chi connectivity index (χ0) is 10.1. The lowest BCUT2D eigenvalue weighted by atomic mass is 9.94. The first kappa shape index (κ1) is 10.2. The highest BCUT2D eigenvalue weighted by molar-refractivity contribution is 9.10. The number of halogens is 1. The van der Waals surface area contributed by atoms with Crippen LogP contribution < -0.4 is 0 Å². The summed E-state index contributed by atoms with van der Waals surface area (Å²) >= 11 is 3.34. The van der Waals surface area contributed by atoms with Crippen molar-refractivity contribution in [3.63, 3.8) is 0 Å². The van der Waals surface area contributed by atoms with Crippen molar-refractivity contribution in [2.24, 2.45) is 5.92 Å². The highest BCUT2D eigenvalue weighted by Crippen LogP contribution is 2.36. The third-order valence-electron chi connectivity index (χ3n) is 2.75. The maximum atomic E-state index is 10.1. The predicted octanol–water partition coefficient (Wildman–Crippen LogP) is 2.50. The molecular weight excluding hydrogens is 248 g/mol. The Labute approximate surface area is 91.2 Å². The number of aliphatic hydroxyl groups is 1. The summed E-state index contributed by atoms with van der Waals surface area (Å²) in [5.74, 6) is 0.741. The second kappa shape index (κ2) is 4.04. The van der Waals surface area contributed by atoms with E-state index in [1.807, 2.05) is 6.92 Å². The molecule has 0 aromatic carbocycles. The number of hydrogen-bond acceptors (Lipinski definition) is 3. The Morgan fingerprint density at radius 2 is 2.43 bits per heavy atom. The minimum Gasteiger partial charge on any atom is -0.465 e. The topological polar surface area (TPSA) is 42.6 Å². The number of hydrogen-bond donors (Lipinski definition) is 1. The van der Waals surface area contributed by atoms with Crippen LogP contribution in [0, 0.1) is 5.92 Å². The normalized spacial score (nSPS) is 29.4. The molecule has 2 heterocycles. The molecule has 0 amide bonds. The van der Waals surface area contributed by atoms with Gasteiger partial charge in [0.1, 0.15) is 11.9 Å². The third kappa shape index (κ3) is 1.74. The fraction of sp³-hybridized carbons (Fsp3) is 0.600. The van der Waals surface area contributed by atoms with E-state index in [1.54, 1.807) is 12.3 Å². The van der Waals surface area contributed by atoms with E-state index in [9.17, 15) is 5.11 Å². The molecule has 1 aliphatic rings. The zero-order valence-electron chi connectivity index (χ0n) is 7.94. The molecule has 1 saturated heterocycles. The fourth-order valence-corrected chi connectivity index (χ4v) is 2.31. The van der Waals surface area contributed by atoms with Gasteiger partial charge in [-0.05, 0) is 35.3 Å². The largest absolute Gasteiger partial charge is 0.465 e. The first-order valence-electron chi connectivity index (χ1n) is 4.72. The maximum Gasteiger partial charge on any atom is 0.146 e. The standard InChI is InChI=1S/C10H13BrO3/c1-6-7(2-4-13-6)9(12)10-8(11)3-5-14-10/h3,5-7,9,12H,2,4H2,1H3. The highest BCUT2D eigenvalue weighted by Gasteiger charge is 2.34. The van der Waals surface area contributed by atoms with Crippen molar-refractivity contribution in [1.82, 2.24) is 0 Å². The Hall–Kier alpha value is -0.320. The van der Waals surface area contributed by atoms with E-state index in [1.165, 1.54) is 0 Å². The van der Waals surface area contributed by atoms with Gasteiger partial charge in [0, 0.05) is 12.5 Å². The quantitative estimate of drug-likeness (QED) is 0.889. The first-order valence-corrected chi connectivity index (χ1v) is 5.52. The van der Waals surface area contributed by atoms with Gasteiger partial charge in [0.05, 0.1) is 16.8 Å². The van der Waals surface area contributed by atoms with Crippen LogP contribution in [0.25, 0.3) is 0 Å². The Bertz CT molecular complexity index is 310. The van der Waals surface area contributed by atoms with E-state index in [0.29, 0.717) is 5.76 Å². The van der Waals surface area contributed by atoms with Gasteiger partial charge in [-0.1, -0.05) is 0 Å². The molecular formula is C10H13BrO3. The van der Waals surface area contributed by atoms with Crippen molar-refractivity contribution in [3.8, 4) is 0 Å². The maximum absolute atomic E-state index is 10.1. The van der Waals surface area contributed by atoms with Crippen LogP contribution in [-0.4, -0.2) is 17.8 Å². The van der Waals surface area contributed by atoms with E-state index in [4.69, 9.17) is 9.15 Å². The molecule has 14 heavy (non-hydrogen) atoms. The zero-order valence-corrected chi connectivity index (χ0v) is 9.53. The van der Waals surface area contributed by atoms with Gasteiger partial charge >= 0.3 is 0 Å². The molecule has 1 aliphatic heterocycles. The van der Waals surface area contributed by atoms with Crippen LogP contribution in [0.1, 0.15) is 25.2 Å². The van der Waals surface area contributed by atoms with Gasteiger partial charge in [-0.25, -0.2) is 0 Å². The molecule has 1 aromatic rings. The fourth-order valence-electron chi connectivity index (χ4n) is 1.87. The highest BCUT2D eigenvalue weighted by atomic mass is 79.9. The predicted molar refractivity (Wildman–Crippen MR) is 54.9 cm³/mol. The molecule has 0 radical (unpaired) electrons. The lowest BCUT2D eigenvalue weighted by Crippen LogP contribution is -2.19. The van der Waals surface area contributed by atoms with Crippen molar-refractivity contribution in [1.29, 1.82) is 0 Å². The first-order chi connectivity index (χ1) is 6.70. The van der Waals surface area contributed by atoms with Crippen molar-refractivity contribution in [3.05, 3.63) is 22.6 Å². The summed E-state index contributed by atoms with van der Waals surface area (Å²) in [6, 6.07) is 1.79. The summed E-state index contributed by atoms with van der Waals surface area (Å²) in [7, 11) is 0. The molecule has 4 heteroatoms. The number of ether oxygens (including phenoxy) is 1. The van der Waals surface area contributed by atoms with E-state index >= 15 is 0 Å². The smallest absolute Gasteiger partial charge is 0.146 e. The average molecular weight is 261 g/mol. The number of aliphatic hydroxyl groups excluding tert-OH is 1. The average Bonchev–Trinajstić information content (AvgIpc) is 2.73. The van der Waals surface area contributed by atoms with Crippen LogP contribution in [0.3, 0.4) is 0 Å². The second-order valence-corrected chi connectivity index (χ2v) is 4.46. The lowest BCUT2D eigenvalue weighted by Gasteiger charge is -2.19. The summed E-state index contributed by atoms with van der Waals surface area (Å²) in [5, 5.41) is 10.1. The van der Waals surface area contributed by atoms with Crippen LogP contribution in [0.15, 0.2) is 21.2 Å². The van der Waals surface area contributed by atoms with Crippen LogP contribution >= 0.6 is 15.9 Å². The minimum atomic E-state index is -0.572. The van der Waals surface area contributed by atoms with E-state index < -0.39 is 6.10 Å². The molecule has 1 N–H and O–H groups in total. The molecule has 0 aliphatic carbocycles. The Balaban J connectivity index is 2.15. The molecule has 3 nitrogen and oxygen atoms in total. The van der Waals surface area contributed by atoms with Gasteiger partial charge < -0.3 is 14.3 Å². The van der Waals surface area contributed by atoms with Gasteiger partial charge in [0.25, 0.3) is 0 Å². The molecule has 3 unspecified atom stereocenters.